The van der Waals surface area contributed by atoms with E-state index in [2.05, 4.69) is 29.1 Å². The summed E-state index contributed by atoms with van der Waals surface area (Å²) in [5, 5.41) is 11.9. The van der Waals surface area contributed by atoms with Gasteiger partial charge in [-0.1, -0.05) is 13.8 Å². The quantitative estimate of drug-likeness (QED) is 0.891. The summed E-state index contributed by atoms with van der Waals surface area (Å²) in [5.41, 5.74) is 2.88. The molecular weight excluding hydrogens is 254 g/mol. The summed E-state index contributed by atoms with van der Waals surface area (Å²) in [6.07, 6.45) is 0. The highest BCUT2D eigenvalue weighted by Crippen LogP contribution is 2.18. The summed E-state index contributed by atoms with van der Waals surface area (Å²) in [7, 11) is 0. The molecule has 1 aromatic heterocycles. The Morgan fingerprint density at radius 1 is 1.20 bits per heavy atom. The van der Waals surface area contributed by atoms with E-state index in [9.17, 15) is 4.79 Å². The lowest BCUT2D eigenvalue weighted by Crippen LogP contribution is -2.03. The Kier molecular flexibility index (Phi) is 3.98. The predicted octanol–water partition coefficient (Wildman–Crippen LogP) is 3.35. The Hall–Kier alpha value is -2.43. The van der Waals surface area contributed by atoms with E-state index < -0.39 is 5.97 Å². The number of rotatable bonds is 4. The van der Waals surface area contributed by atoms with E-state index in [1.807, 2.05) is 13.0 Å². The molecule has 5 heteroatoms. The zero-order valence-corrected chi connectivity index (χ0v) is 11.7. The number of aryl methyl sites for hydroxylation is 1. The second-order valence-corrected chi connectivity index (χ2v) is 4.92. The molecule has 2 N–H and O–H groups in total. The second kappa shape index (κ2) is 5.69. The van der Waals surface area contributed by atoms with Crippen molar-refractivity contribution in [3.05, 3.63) is 47.3 Å². The average Bonchev–Trinajstić information content (AvgIpc) is 2.38. The molecule has 0 atom stereocenters. The van der Waals surface area contributed by atoms with Crippen LogP contribution < -0.4 is 5.32 Å². The number of aromatic carboxylic acids is 1. The molecule has 5 nitrogen and oxygen atoms in total. The van der Waals surface area contributed by atoms with Crippen molar-refractivity contribution in [1.82, 2.24) is 9.97 Å². The molecule has 0 radical (unpaired) electrons. The third-order valence-electron chi connectivity index (χ3n) is 2.85. The van der Waals surface area contributed by atoms with Crippen LogP contribution in [0, 0.1) is 6.92 Å². The van der Waals surface area contributed by atoms with Crippen LogP contribution in [0.3, 0.4) is 0 Å². The molecule has 0 amide bonds. The SMILES string of the molecule is Cc1cc(C(C)C)nc(Nc2ccc(C(=O)O)cc2)n1. The molecule has 20 heavy (non-hydrogen) atoms. The average molecular weight is 271 g/mol. The van der Waals surface area contributed by atoms with Gasteiger partial charge >= 0.3 is 5.97 Å². The number of aromatic nitrogens is 2. The number of anilines is 2. The number of hydrogen-bond acceptors (Lipinski definition) is 4. The number of carboxylic acid groups (broad SMARTS) is 1. The Labute approximate surface area is 117 Å². The first-order valence-electron chi connectivity index (χ1n) is 6.41. The third kappa shape index (κ3) is 3.32. The molecule has 0 saturated heterocycles. The first-order chi connectivity index (χ1) is 9.45. The molecule has 1 aromatic carbocycles. The van der Waals surface area contributed by atoms with Crippen LogP contribution in [0.4, 0.5) is 11.6 Å². The standard InChI is InChI=1S/C15H17N3O2/c1-9(2)13-8-10(3)16-15(18-13)17-12-6-4-11(5-7-12)14(19)20/h4-9H,1-3H3,(H,19,20)(H,16,17,18). The third-order valence-corrected chi connectivity index (χ3v) is 2.85. The molecule has 0 saturated carbocycles. The molecule has 2 rings (SSSR count). The Bertz CT molecular complexity index is 622. The molecule has 0 spiro atoms. The van der Waals surface area contributed by atoms with Crippen LogP contribution in [0.1, 0.15) is 41.5 Å². The summed E-state index contributed by atoms with van der Waals surface area (Å²) in [5.74, 6) is -0.0890. The lowest BCUT2D eigenvalue weighted by molar-refractivity contribution is 0.0697. The van der Waals surface area contributed by atoms with Gasteiger partial charge in [0.2, 0.25) is 5.95 Å². The zero-order valence-electron chi connectivity index (χ0n) is 11.7. The fourth-order valence-corrected chi connectivity index (χ4v) is 1.77. The van der Waals surface area contributed by atoms with Crippen molar-refractivity contribution in [2.45, 2.75) is 26.7 Å². The number of hydrogen-bond donors (Lipinski definition) is 2. The summed E-state index contributed by atoms with van der Waals surface area (Å²) >= 11 is 0. The monoisotopic (exact) mass is 271 g/mol. The highest BCUT2D eigenvalue weighted by Gasteiger charge is 2.07. The molecule has 0 bridgehead atoms. The van der Waals surface area contributed by atoms with E-state index in [0.717, 1.165) is 17.1 Å². The highest BCUT2D eigenvalue weighted by molar-refractivity contribution is 5.88. The molecule has 2 aromatic rings. The van der Waals surface area contributed by atoms with Crippen LogP contribution in [0.25, 0.3) is 0 Å². The lowest BCUT2D eigenvalue weighted by Gasteiger charge is -2.10. The van der Waals surface area contributed by atoms with Crippen LogP contribution >= 0.6 is 0 Å². The van der Waals surface area contributed by atoms with Gasteiger partial charge in [-0.2, -0.15) is 0 Å². The lowest BCUT2D eigenvalue weighted by atomic mass is 10.1. The van der Waals surface area contributed by atoms with Gasteiger partial charge in [-0.05, 0) is 43.2 Å². The van der Waals surface area contributed by atoms with Crippen molar-refractivity contribution in [3.8, 4) is 0 Å². The van der Waals surface area contributed by atoms with Crippen LogP contribution in [-0.2, 0) is 0 Å². The molecule has 104 valence electrons. The van der Waals surface area contributed by atoms with Crippen molar-refractivity contribution in [3.63, 3.8) is 0 Å². The highest BCUT2D eigenvalue weighted by atomic mass is 16.4. The first-order valence-corrected chi connectivity index (χ1v) is 6.41. The van der Waals surface area contributed by atoms with E-state index in [-0.39, 0.29) is 5.56 Å². The second-order valence-electron chi connectivity index (χ2n) is 4.92. The number of carbonyl (C=O) groups is 1. The Balaban J connectivity index is 2.23. The minimum absolute atomic E-state index is 0.253. The van der Waals surface area contributed by atoms with Gasteiger partial charge in [0.15, 0.2) is 0 Å². The molecule has 0 unspecified atom stereocenters. The summed E-state index contributed by atoms with van der Waals surface area (Å²) in [6, 6.07) is 8.45. The number of benzene rings is 1. The van der Waals surface area contributed by atoms with Crippen molar-refractivity contribution in [1.29, 1.82) is 0 Å². The predicted molar refractivity (Wildman–Crippen MR) is 77.5 cm³/mol. The molecule has 0 fully saturated rings. The summed E-state index contributed by atoms with van der Waals surface area (Å²) in [6.45, 7) is 6.08. The maximum atomic E-state index is 10.8. The Morgan fingerprint density at radius 3 is 2.40 bits per heavy atom. The number of carboxylic acids is 1. The van der Waals surface area contributed by atoms with Crippen molar-refractivity contribution in [2.75, 3.05) is 5.32 Å². The van der Waals surface area contributed by atoms with Crippen molar-refractivity contribution < 1.29 is 9.90 Å². The largest absolute Gasteiger partial charge is 0.478 e. The van der Waals surface area contributed by atoms with Crippen LogP contribution in [0.15, 0.2) is 30.3 Å². The van der Waals surface area contributed by atoms with E-state index in [0.29, 0.717) is 11.9 Å². The maximum Gasteiger partial charge on any atom is 0.335 e. The van der Waals surface area contributed by atoms with Crippen LogP contribution in [0.2, 0.25) is 0 Å². The van der Waals surface area contributed by atoms with E-state index in [1.54, 1.807) is 24.3 Å². The van der Waals surface area contributed by atoms with Gasteiger partial charge in [0.1, 0.15) is 0 Å². The number of nitrogens with one attached hydrogen (secondary N) is 1. The Morgan fingerprint density at radius 2 is 1.85 bits per heavy atom. The fourth-order valence-electron chi connectivity index (χ4n) is 1.77. The molecule has 0 aliphatic heterocycles. The van der Waals surface area contributed by atoms with E-state index >= 15 is 0 Å². The van der Waals surface area contributed by atoms with Gasteiger partial charge < -0.3 is 10.4 Å². The van der Waals surface area contributed by atoms with Gasteiger partial charge in [0.25, 0.3) is 0 Å². The smallest absolute Gasteiger partial charge is 0.335 e. The first kappa shape index (κ1) is 14.0. The summed E-state index contributed by atoms with van der Waals surface area (Å²) < 4.78 is 0. The maximum absolute atomic E-state index is 10.8. The van der Waals surface area contributed by atoms with Crippen LogP contribution in [-0.4, -0.2) is 21.0 Å². The number of nitrogens with zero attached hydrogens (tertiary/aromatic N) is 2. The van der Waals surface area contributed by atoms with Crippen LogP contribution in [0.5, 0.6) is 0 Å². The van der Waals surface area contributed by atoms with E-state index in [4.69, 9.17) is 5.11 Å². The molecular formula is C15H17N3O2. The normalized spacial score (nSPS) is 10.6. The van der Waals surface area contributed by atoms with Gasteiger partial charge in [-0.15, -0.1) is 0 Å². The van der Waals surface area contributed by atoms with E-state index in [1.165, 1.54) is 0 Å². The van der Waals surface area contributed by atoms with Gasteiger partial charge in [0, 0.05) is 17.1 Å². The minimum Gasteiger partial charge on any atom is -0.478 e. The summed E-state index contributed by atoms with van der Waals surface area (Å²) in [4.78, 5) is 19.6. The minimum atomic E-state index is -0.939. The van der Waals surface area contributed by atoms with Crippen molar-refractivity contribution in [2.24, 2.45) is 0 Å². The zero-order chi connectivity index (χ0) is 14.7. The van der Waals surface area contributed by atoms with Gasteiger partial charge in [0.05, 0.1) is 5.56 Å². The molecule has 0 aliphatic carbocycles. The van der Waals surface area contributed by atoms with Gasteiger partial charge in [-0.3, -0.25) is 0 Å². The molecule has 1 heterocycles. The molecule has 0 aliphatic rings. The fraction of sp³-hybridized carbons (Fsp3) is 0.267. The van der Waals surface area contributed by atoms with Gasteiger partial charge in [-0.25, -0.2) is 14.8 Å². The topological polar surface area (TPSA) is 75.1 Å². The van der Waals surface area contributed by atoms with Crippen molar-refractivity contribution >= 4 is 17.6 Å².